The van der Waals surface area contributed by atoms with Crippen LogP contribution in [0.5, 0.6) is 0 Å². The van der Waals surface area contributed by atoms with Crippen LogP contribution in [0.25, 0.3) is 0 Å². The Labute approximate surface area is 160 Å². The van der Waals surface area contributed by atoms with Crippen molar-refractivity contribution >= 4 is 11.8 Å². The van der Waals surface area contributed by atoms with E-state index in [1.54, 1.807) is 6.07 Å². The first-order valence-corrected chi connectivity index (χ1v) is 9.04. The summed E-state index contributed by atoms with van der Waals surface area (Å²) in [6.07, 6.45) is -1.28. The number of rotatable bonds is 5. The number of benzene rings is 1. The van der Waals surface area contributed by atoms with Crippen LogP contribution < -0.4 is 10.6 Å². The van der Waals surface area contributed by atoms with Gasteiger partial charge in [-0.2, -0.15) is 0 Å². The number of aromatic nitrogens is 1. The fourth-order valence-electron chi connectivity index (χ4n) is 3.60. The van der Waals surface area contributed by atoms with Crippen LogP contribution in [0.4, 0.5) is 4.39 Å². The molecule has 3 atom stereocenters. The number of pyridine rings is 1. The van der Waals surface area contributed by atoms with Crippen LogP contribution in [0.1, 0.15) is 38.2 Å². The lowest BCUT2D eigenvalue weighted by Crippen LogP contribution is -2.31. The maximum Gasteiger partial charge on any atom is 0.269 e. The summed E-state index contributed by atoms with van der Waals surface area (Å²) < 4.78 is 18.8. The maximum atomic E-state index is 13.5. The molecule has 1 aromatic heterocycles. The van der Waals surface area contributed by atoms with Crippen LogP contribution in [0.3, 0.4) is 0 Å². The second kappa shape index (κ2) is 7.29. The predicted molar refractivity (Wildman–Crippen MR) is 97.1 cm³/mol. The minimum Gasteiger partial charge on any atom is -0.382 e. The number of nitrogens with zero attached hydrogens (tertiary/aromatic N) is 1. The number of amides is 2. The molecule has 2 aliphatic rings. The molecule has 2 amide bonds. The molecule has 28 heavy (non-hydrogen) atoms. The third kappa shape index (κ3) is 3.48. The van der Waals surface area contributed by atoms with Gasteiger partial charge in [-0.3, -0.25) is 9.59 Å². The van der Waals surface area contributed by atoms with Gasteiger partial charge in [0.15, 0.2) is 0 Å². The van der Waals surface area contributed by atoms with E-state index in [2.05, 4.69) is 15.6 Å². The lowest BCUT2D eigenvalue weighted by Gasteiger charge is -2.14. The zero-order valence-corrected chi connectivity index (χ0v) is 15.2. The van der Waals surface area contributed by atoms with Crippen LogP contribution in [0, 0.1) is 17.7 Å². The molecular formula is C20H20FN3O4. The highest BCUT2D eigenvalue weighted by atomic mass is 19.1. The molecule has 7 nitrogen and oxygen atoms in total. The molecule has 0 bridgehead atoms. The van der Waals surface area contributed by atoms with Crippen molar-refractivity contribution in [1.82, 2.24) is 15.6 Å². The highest BCUT2D eigenvalue weighted by Crippen LogP contribution is 2.44. The average molecular weight is 385 g/mol. The molecule has 2 fully saturated rings. The highest BCUT2D eigenvalue weighted by Gasteiger charge is 2.54. The monoisotopic (exact) mass is 385 g/mol. The zero-order chi connectivity index (χ0) is 19.8. The second-order valence-corrected chi connectivity index (χ2v) is 7.07. The molecule has 8 heteroatoms. The number of halogens is 1. The minimum absolute atomic E-state index is 0.0000671. The summed E-state index contributed by atoms with van der Waals surface area (Å²) >= 11 is 0. The Morgan fingerprint density at radius 2 is 1.96 bits per heavy atom. The predicted octanol–water partition coefficient (Wildman–Crippen LogP) is 1.04. The topological polar surface area (TPSA) is 101 Å². The molecule has 2 heterocycles. The standard InChI is InChI=1S/C20H20FN3O4/c1-22-20(27)16-7-11(19(26)24-17-13-8-28-9-14(13)17)6-15(23-16)18(25)10-3-2-4-12(21)5-10/h2-7,13-14,17-18,25H,8-9H2,1H3,(H,22,27)(H,24,26). The van der Waals surface area contributed by atoms with Gasteiger partial charge in [0.1, 0.15) is 17.6 Å². The summed E-state index contributed by atoms with van der Waals surface area (Å²) in [6, 6.07) is 8.33. The number of ether oxygens (including phenoxy) is 1. The normalized spacial score (nSPS) is 23.6. The van der Waals surface area contributed by atoms with Crippen molar-refractivity contribution < 1.29 is 23.8 Å². The van der Waals surface area contributed by atoms with Crippen molar-refractivity contribution in [2.24, 2.45) is 11.8 Å². The molecule has 1 saturated heterocycles. The summed E-state index contributed by atoms with van der Waals surface area (Å²) in [5, 5.41) is 16.0. The maximum absolute atomic E-state index is 13.5. The number of aliphatic hydroxyl groups excluding tert-OH is 1. The van der Waals surface area contributed by atoms with E-state index in [0.29, 0.717) is 25.0 Å². The number of nitrogens with one attached hydrogen (secondary N) is 2. The lowest BCUT2D eigenvalue weighted by atomic mass is 10.0. The van der Waals surface area contributed by atoms with Crippen molar-refractivity contribution in [1.29, 1.82) is 0 Å². The average Bonchev–Trinajstić information content (AvgIpc) is 3.12. The van der Waals surface area contributed by atoms with E-state index >= 15 is 0 Å². The summed E-state index contributed by atoms with van der Waals surface area (Å²) in [4.78, 5) is 28.9. The molecule has 1 aromatic carbocycles. The first-order chi connectivity index (χ1) is 13.5. The zero-order valence-electron chi connectivity index (χ0n) is 15.2. The third-order valence-corrected chi connectivity index (χ3v) is 5.26. The second-order valence-electron chi connectivity index (χ2n) is 7.07. The van der Waals surface area contributed by atoms with Crippen molar-refractivity contribution in [2.45, 2.75) is 12.1 Å². The number of carbonyl (C=O) groups excluding carboxylic acids is 2. The van der Waals surface area contributed by atoms with E-state index in [0.717, 1.165) is 0 Å². The van der Waals surface area contributed by atoms with Crippen molar-refractivity contribution in [2.75, 3.05) is 20.3 Å². The molecule has 0 spiro atoms. The van der Waals surface area contributed by atoms with Gasteiger partial charge in [-0.05, 0) is 29.8 Å². The van der Waals surface area contributed by atoms with E-state index in [-0.39, 0.29) is 34.5 Å². The molecule has 3 unspecified atom stereocenters. The SMILES string of the molecule is CNC(=O)c1cc(C(=O)NC2C3COCC32)cc(C(O)c2cccc(F)c2)n1. The van der Waals surface area contributed by atoms with Crippen LogP contribution in [0.15, 0.2) is 36.4 Å². The Morgan fingerprint density at radius 1 is 1.21 bits per heavy atom. The molecule has 0 radical (unpaired) electrons. The summed E-state index contributed by atoms with van der Waals surface area (Å²) in [5.41, 5.74) is 0.586. The Kier molecular flexibility index (Phi) is 4.82. The van der Waals surface area contributed by atoms with E-state index in [1.807, 2.05) is 0 Å². The quantitative estimate of drug-likeness (QED) is 0.714. The van der Waals surface area contributed by atoms with E-state index < -0.39 is 17.8 Å². The van der Waals surface area contributed by atoms with E-state index in [1.165, 1.54) is 37.4 Å². The number of hydrogen-bond acceptors (Lipinski definition) is 5. The van der Waals surface area contributed by atoms with Crippen LogP contribution in [0.2, 0.25) is 0 Å². The van der Waals surface area contributed by atoms with Gasteiger partial charge in [0, 0.05) is 30.5 Å². The summed E-state index contributed by atoms with van der Waals surface area (Å²) in [6.45, 7) is 1.28. The molecule has 1 saturated carbocycles. The van der Waals surface area contributed by atoms with Gasteiger partial charge in [0.25, 0.3) is 11.8 Å². The van der Waals surface area contributed by atoms with Crippen molar-refractivity contribution in [3.63, 3.8) is 0 Å². The van der Waals surface area contributed by atoms with Gasteiger partial charge < -0.3 is 20.5 Å². The number of fused-ring (bicyclic) bond motifs is 1. The first-order valence-electron chi connectivity index (χ1n) is 9.04. The molecule has 4 rings (SSSR count). The molecule has 1 aliphatic heterocycles. The van der Waals surface area contributed by atoms with Gasteiger partial charge in [-0.15, -0.1) is 0 Å². The Morgan fingerprint density at radius 3 is 2.64 bits per heavy atom. The number of aliphatic hydroxyl groups is 1. The van der Waals surface area contributed by atoms with Gasteiger partial charge in [0.2, 0.25) is 0 Å². The van der Waals surface area contributed by atoms with Gasteiger partial charge in [-0.25, -0.2) is 9.37 Å². The largest absolute Gasteiger partial charge is 0.382 e. The first kappa shape index (κ1) is 18.5. The van der Waals surface area contributed by atoms with Gasteiger partial charge in [-0.1, -0.05) is 12.1 Å². The Balaban J connectivity index is 1.63. The fourth-order valence-corrected chi connectivity index (χ4v) is 3.60. The van der Waals surface area contributed by atoms with Crippen LogP contribution in [-0.2, 0) is 4.74 Å². The van der Waals surface area contributed by atoms with Crippen LogP contribution >= 0.6 is 0 Å². The number of carbonyl (C=O) groups is 2. The number of hydrogen-bond donors (Lipinski definition) is 3. The van der Waals surface area contributed by atoms with E-state index in [9.17, 15) is 19.1 Å². The smallest absolute Gasteiger partial charge is 0.269 e. The molecular weight excluding hydrogens is 365 g/mol. The summed E-state index contributed by atoms with van der Waals surface area (Å²) in [7, 11) is 1.45. The molecule has 1 aliphatic carbocycles. The molecule has 146 valence electrons. The van der Waals surface area contributed by atoms with E-state index in [4.69, 9.17) is 4.74 Å². The van der Waals surface area contributed by atoms with Gasteiger partial charge >= 0.3 is 0 Å². The third-order valence-electron chi connectivity index (χ3n) is 5.26. The van der Waals surface area contributed by atoms with Gasteiger partial charge in [0.05, 0.1) is 18.9 Å². The molecule has 3 N–H and O–H groups in total. The van der Waals surface area contributed by atoms with Crippen molar-refractivity contribution in [3.05, 3.63) is 64.7 Å². The highest BCUT2D eigenvalue weighted by molar-refractivity contribution is 5.99. The minimum atomic E-state index is -1.28. The fraction of sp³-hybridized carbons (Fsp3) is 0.350. The Hall–Kier alpha value is -2.84. The summed E-state index contributed by atoms with van der Waals surface area (Å²) in [5.74, 6) is -0.666. The Bertz CT molecular complexity index is 925. The molecule has 2 aromatic rings. The van der Waals surface area contributed by atoms with Crippen LogP contribution in [-0.4, -0.2) is 48.2 Å². The lowest BCUT2D eigenvalue weighted by molar-refractivity contribution is 0.0928. The van der Waals surface area contributed by atoms with Crippen molar-refractivity contribution in [3.8, 4) is 0 Å².